The molecule has 0 fully saturated rings. The predicted molar refractivity (Wildman–Crippen MR) is 70.8 cm³/mol. The lowest BCUT2D eigenvalue weighted by Crippen LogP contribution is -2.19. The van der Waals surface area contributed by atoms with Crippen LogP contribution < -0.4 is 5.32 Å². The minimum absolute atomic E-state index is 0.194. The van der Waals surface area contributed by atoms with Crippen LogP contribution >= 0.6 is 23.1 Å². The van der Waals surface area contributed by atoms with Crippen molar-refractivity contribution >= 4 is 40.1 Å². The molecular weight excluding hydrogens is 274 g/mol. The summed E-state index contributed by atoms with van der Waals surface area (Å²) < 4.78 is 5.60. The molecule has 0 radical (unpaired) electrons. The molecule has 1 heterocycles. The summed E-state index contributed by atoms with van der Waals surface area (Å²) in [5.74, 6) is -0.443. The number of anilines is 1. The quantitative estimate of drug-likeness (QED) is 0.489. The lowest BCUT2D eigenvalue weighted by Gasteiger charge is -2.10. The van der Waals surface area contributed by atoms with Gasteiger partial charge in [0.25, 0.3) is 0 Å². The van der Waals surface area contributed by atoms with E-state index in [0.717, 1.165) is 0 Å². The number of hydrogen-bond acceptors (Lipinski definition) is 7. The van der Waals surface area contributed by atoms with Gasteiger partial charge in [0, 0.05) is 6.92 Å². The molecule has 0 aliphatic rings. The predicted octanol–water partition coefficient (Wildman–Crippen LogP) is 1.93. The summed E-state index contributed by atoms with van der Waals surface area (Å²) in [7, 11) is 0. The van der Waals surface area contributed by atoms with Gasteiger partial charge in [0.2, 0.25) is 11.0 Å². The van der Waals surface area contributed by atoms with Gasteiger partial charge in [-0.05, 0) is 13.3 Å². The Bertz CT molecular complexity index is 422. The molecule has 1 N–H and O–H groups in total. The molecule has 0 saturated heterocycles. The number of nitrogens with one attached hydrogen (secondary N) is 1. The average Bonchev–Trinajstić information content (AvgIpc) is 2.72. The van der Waals surface area contributed by atoms with Crippen LogP contribution in [0.1, 0.15) is 27.2 Å². The normalized spacial score (nSPS) is 11.9. The first kappa shape index (κ1) is 14.9. The zero-order valence-corrected chi connectivity index (χ0v) is 12.1. The molecule has 1 aromatic heterocycles. The summed E-state index contributed by atoms with van der Waals surface area (Å²) in [6, 6.07) is 0. The zero-order chi connectivity index (χ0) is 13.5. The second-order valence-corrected chi connectivity index (χ2v) is 5.75. The van der Waals surface area contributed by atoms with Crippen LogP contribution in [0.15, 0.2) is 4.34 Å². The van der Waals surface area contributed by atoms with Crippen molar-refractivity contribution in [2.24, 2.45) is 0 Å². The monoisotopic (exact) mass is 289 g/mol. The van der Waals surface area contributed by atoms with E-state index in [1.165, 1.54) is 30.0 Å². The minimum atomic E-state index is -0.289. The topological polar surface area (TPSA) is 81.2 Å². The van der Waals surface area contributed by atoms with Crippen LogP contribution in [0.3, 0.4) is 0 Å². The number of amides is 1. The summed E-state index contributed by atoms with van der Waals surface area (Å²) in [5.41, 5.74) is 0. The van der Waals surface area contributed by atoms with Gasteiger partial charge < -0.3 is 10.1 Å². The molecule has 0 aromatic carbocycles. The molecule has 1 unspecified atom stereocenters. The maximum absolute atomic E-state index is 11.6. The highest BCUT2D eigenvalue weighted by Crippen LogP contribution is 2.30. The van der Waals surface area contributed by atoms with Gasteiger partial charge in [0.05, 0.1) is 6.61 Å². The minimum Gasteiger partial charge on any atom is -0.465 e. The third kappa shape index (κ3) is 4.61. The van der Waals surface area contributed by atoms with E-state index in [0.29, 0.717) is 22.5 Å². The van der Waals surface area contributed by atoms with E-state index in [1.807, 2.05) is 6.92 Å². The Morgan fingerprint density at radius 3 is 2.72 bits per heavy atom. The van der Waals surface area contributed by atoms with E-state index in [2.05, 4.69) is 15.5 Å². The summed E-state index contributed by atoms with van der Waals surface area (Å²) >= 11 is 2.55. The van der Waals surface area contributed by atoms with E-state index < -0.39 is 0 Å². The first-order chi connectivity index (χ1) is 8.56. The Balaban J connectivity index is 2.61. The fourth-order valence-corrected chi connectivity index (χ4v) is 3.08. The highest BCUT2D eigenvalue weighted by molar-refractivity contribution is 8.02. The number of esters is 1. The fraction of sp³-hybridized carbons (Fsp3) is 0.600. The van der Waals surface area contributed by atoms with Crippen molar-refractivity contribution in [2.45, 2.75) is 36.8 Å². The number of ether oxygens (including phenoxy) is 1. The summed E-state index contributed by atoms with van der Waals surface area (Å²) in [4.78, 5) is 22.4. The maximum atomic E-state index is 11.6. The highest BCUT2D eigenvalue weighted by atomic mass is 32.2. The number of hydrogen-bond donors (Lipinski definition) is 1. The molecule has 6 nitrogen and oxygen atoms in total. The van der Waals surface area contributed by atoms with Crippen molar-refractivity contribution < 1.29 is 14.3 Å². The number of nitrogens with zero attached hydrogens (tertiary/aromatic N) is 2. The average molecular weight is 289 g/mol. The van der Waals surface area contributed by atoms with Gasteiger partial charge in [-0.25, -0.2) is 0 Å². The molecule has 0 spiro atoms. The molecule has 1 aromatic rings. The van der Waals surface area contributed by atoms with Crippen LogP contribution in [0.5, 0.6) is 0 Å². The third-order valence-corrected chi connectivity index (χ3v) is 4.12. The first-order valence-electron chi connectivity index (χ1n) is 5.51. The van der Waals surface area contributed by atoms with E-state index in [1.54, 1.807) is 6.92 Å². The Kier molecular flexibility index (Phi) is 6.06. The number of aromatic nitrogens is 2. The molecule has 0 saturated carbocycles. The van der Waals surface area contributed by atoms with Gasteiger partial charge in [0.1, 0.15) is 5.25 Å². The Labute approximate surface area is 114 Å². The standard InChI is InChI=1S/C10H15N3O3S2/c1-4-7(8(15)16-5-2)17-10-13-12-9(18-10)11-6(3)14/h7H,4-5H2,1-3H3,(H,11,12,14). The molecule has 0 aliphatic heterocycles. The molecular formula is C10H15N3O3S2. The van der Waals surface area contributed by atoms with E-state index in [9.17, 15) is 9.59 Å². The van der Waals surface area contributed by atoms with Crippen molar-refractivity contribution in [3.63, 3.8) is 0 Å². The van der Waals surface area contributed by atoms with Crippen molar-refractivity contribution in [2.75, 3.05) is 11.9 Å². The van der Waals surface area contributed by atoms with Crippen LogP contribution in [-0.4, -0.2) is 33.9 Å². The van der Waals surface area contributed by atoms with Crippen molar-refractivity contribution in [1.82, 2.24) is 10.2 Å². The summed E-state index contributed by atoms with van der Waals surface area (Å²) in [6.45, 7) is 5.45. The molecule has 0 aliphatic carbocycles. The largest absolute Gasteiger partial charge is 0.465 e. The molecule has 1 atom stereocenters. The van der Waals surface area contributed by atoms with Gasteiger partial charge in [-0.2, -0.15) is 0 Å². The van der Waals surface area contributed by atoms with Gasteiger partial charge >= 0.3 is 5.97 Å². The number of thioether (sulfide) groups is 1. The van der Waals surface area contributed by atoms with E-state index in [4.69, 9.17) is 4.74 Å². The number of rotatable bonds is 6. The van der Waals surface area contributed by atoms with Crippen LogP contribution in [-0.2, 0) is 14.3 Å². The second kappa shape index (κ2) is 7.32. The van der Waals surface area contributed by atoms with Crippen molar-refractivity contribution in [3.8, 4) is 0 Å². The first-order valence-corrected chi connectivity index (χ1v) is 7.20. The molecule has 1 amide bonds. The number of carbonyl (C=O) groups excluding carboxylic acids is 2. The van der Waals surface area contributed by atoms with Gasteiger partial charge in [-0.1, -0.05) is 30.0 Å². The van der Waals surface area contributed by atoms with Crippen molar-refractivity contribution in [3.05, 3.63) is 0 Å². The number of carbonyl (C=O) groups is 2. The fourth-order valence-electron chi connectivity index (χ4n) is 1.11. The van der Waals surface area contributed by atoms with Crippen LogP contribution in [0.25, 0.3) is 0 Å². The second-order valence-electron chi connectivity index (χ2n) is 3.32. The summed E-state index contributed by atoms with van der Waals surface area (Å²) in [6.07, 6.45) is 0.651. The molecule has 100 valence electrons. The van der Waals surface area contributed by atoms with Gasteiger partial charge in [-0.15, -0.1) is 10.2 Å². The third-order valence-electron chi connectivity index (χ3n) is 1.85. The van der Waals surface area contributed by atoms with Gasteiger partial charge in [-0.3, -0.25) is 9.59 Å². The Morgan fingerprint density at radius 1 is 1.44 bits per heavy atom. The van der Waals surface area contributed by atoms with E-state index >= 15 is 0 Å². The van der Waals surface area contributed by atoms with Crippen molar-refractivity contribution in [1.29, 1.82) is 0 Å². The lowest BCUT2D eigenvalue weighted by atomic mass is 10.3. The molecule has 1 rings (SSSR count). The van der Waals surface area contributed by atoms with E-state index in [-0.39, 0.29) is 17.1 Å². The lowest BCUT2D eigenvalue weighted by molar-refractivity contribution is -0.142. The Hall–Kier alpha value is -1.15. The van der Waals surface area contributed by atoms with Crippen LogP contribution in [0.2, 0.25) is 0 Å². The summed E-state index contributed by atoms with van der Waals surface area (Å²) in [5, 5.41) is 10.4. The molecule has 8 heteroatoms. The zero-order valence-electron chi connectivity index (χ0n) is 10.4. The smallest absolute Gasteiger partial charge is 0.319 e. The molecule has 0 bridgehead atoms. The molecule has 18 heavy (non-hydrogen) atoms. The SMILES string of the molecule is CCOC(=O)C(CC)Sc1nnc(NC(C)=O)s1. The maximum Gasteiger partial charge on any atom is 0.319 e. The highest BCUT2D eigenvalue weighted by Gasteiger charge is 2.21. The Morgan fingerprint density at radius 2 is 2.17 bits per heavy atom. The van der Waals surface area contributed by atoms with Crippen LogP contribution in [0.4, 0.5) is 5.13 Å². The van der Waals surface area contributed by atoms with Gasteiger partial charge in [0.15, 0.2) is 4.34 Å². The van der Waals surface area contributed by atoms with Crippen LogP contribution in [0, 0.1) is 0 Å².